The molecule has 0 heterocycles. The van der Waals surface area contributed by atoms with Gasteiger partial charge in [0.1, 0.15) is 18.2 Å². The summed E-state index contributed by atoms with van der Waals surface area (Å²) in [6.45, 7) is 2.15. The van der Waals surface area contributed by atoms with Crippen molar-refractivity contribution < 1.29 is 18.6 Å². The zero-order valence-electron chi connectivity index (χ0n) is 11.5. The Labute approximate surface area is 124 Å². The lowest BCUT2D eigenvalue weighted by Crippen LogP contribution is -2.09. The molecule has 0 saturated heterocycles. The smallest absolute Gasteiger partial charge is 0.135 e. The summed E-state index contributed by atoms with van der Waals surface area (Å²) in [6.07, 6.45) is 0.847. The van der Waals surface area contributed by atoms with Gasteiger partial charge in [-0.25, -0.2) is 4.39 Å². The highest BCUT2D eigenvalue weighted by atomic mass is 35.5. The number of hydrogen-bond donors (Lipinski definition) is 0. The fourth-order valence-electron chi connectivity index (χ4n) is 1.47. The summed E-state index contributed by atoms with van der Waals surface area (Å²) >= 11 is 5.49. The molecule has 0 bridgehead atoms. The molecule has 5 heteroatoms. The van der Waals surface area contributed by atoms with E-state index >= 15 is 0 Å². The van der Waals surface area contributed by atoms with Crippen molar-refractivity contribution in [2.24, 2.45) is 0 Å². The highest BCUT2D eigenvalue weighted by Gasteiger charge is 2.03. The first kappa shape index (κ1) is 16.8. The maximum atomic E-state index is 13.1. The molecule has 0 aliphatic heterocycles. The molecule has 20 heavy (non-hydrogen) atoms. The van der Waals surface area contributed by atoms with Crippen LogP contribution in [0.5, 0.6) is 5.75 Å². The summed E-state index contributed by atoms with van der Waals surface area (Å²) in [6, 6.07) is 4.22. The van der Waals surface area contributed by atoms with Gasteiger partial charge in [-0.15, -0.1) is 11.6 Å². The average molecular weight is 301 g/mol. The lowest BCUT2D eigenvalue weighted by molar-refractivity contribution is 0.0806. The van der Waals surface area contributed by atoms with Crippen molar-refractivity contribution in [2.45, 2.75) is 6.42 Å². The Balaban J connectivity index is 2.39. The minimum atomic E-state index is -0.355. The Hall–Kier alpha value is -1.28. The largest absolute Gasteiger partial charge is 0.490 e. The standard InChI is InChI=1S/C15H18ClFO3/c1-18-8-3-9-19-10-11-20-15-6-5-14(17)12-13(15)4-2-7-16/h5-6,12H,3,7-11H2,1H3. The van der Waals surface area contributed by atoms with E-state index in [0.717, 1.165) is 6.42 Å². The van der Waals surface area contributed by atoms with Crippen molar-refractivity contribution in [1.82, 2.24) is 0 Å². The lowest BCUT2D eigenvalue weighted by atomic mass is 10.2. The van der Waals surface area contributed by atoms with Gasteiger partial charge in [-0.1, -0.05) is 11.8 Å². The van der Waals surface area contributed by atoms with Crippen molar-refractivity contribution in [2.75, 3.05) is 39.4 Å². The van der Waals surface area contributed by atoms with Crippen molar-refractivity contribution in [3.05, 3.63) is 29.6 Å². The van der Waals surface area contributed by atoms with Crippen LogP contribution in [0.15, 0.2) is 18.2 Å². The molecule has 0 amide bonds. The van der Waals surface area contributed by atoms with Crippen molar-refractivity contribution in [3.8, 4) is 17.6 Å². The monoisotopic (exact) mass is 300 g/mol. The topological polar surface area (TPSA) is 27.7 Å². The molecule has 0 aliphatic rings. The Bertz CT molecular complexity index is 454. The molecule has 0 radical (unpaired) electrons. The van der Waals surface area contributed by atoms with Gasteiger partial charge >= 0.3 is 0 Å². The second kappa shape index (κ2) is 10.5. The van der Waals surface area contributed by atoms with E-state index in [9.17, 15) is 4.39 Å². The third-order valence-electron chi connectivity index (χ3n) is 2.35. The number of benzene rings is 1. The van der Waals surface area contributed by atoms with Crippen LogP contribution in [0.1, 0.15) is 12.0 Å². The van der Waals surface area contributed by atoms with Crippen LogP contribution in [0, 0.1) is 17.7 Å². The molecule has 0 atom stereocenters. The van der Waals surface area contributed by atoms with E-state index in [1.807, 2.05) is 0 Å². The number of ether oxygens (including phenoxy) is 3. The molecule has 1 rings (SSSR count). The molecular formula is C15H18ClFO3. The Kier molecular flexibility index (Phi) is 8.81. The van der Waals surface area contributed by atoms with E-state index in [0.29, 0.717) is 37.7 Å². The number of halogens is 2. The van der Waals surface area contributed by atoms with Gasteiger partial charge in [-0.2, -0.15) is 0 Å². The number of rotatable bonds is 8. The number of methoxy groups -OCH3 is 1. The molecule has 3 nitrogen and oxygen atoms in total. The Morgan fingerprint density at radius 3 is 2.80 bits per heavy atom. The van der Waals surface area contributed by atoms with E-state index in [1.54, 1.807) is 13.2 Å². The quantitative estimate of drug-likeness (QED) is 0.420. The second-order valence-corrected chi connectivity index (χ2v) is 4.15. The van der Waals surface area contributed by atoms with Crippen molar-refractivity contribution in [3.63, 3.8) is 0 Å². The normalized spacial score (nSPS) is 9.95. The van der Waals surface area contributed by atoms with Crippen LogP contribution in [0.4, 0.5) is 4.39 Å². The van der Waals surface area contributed by atoms with Gasteiger partial charge in [0.25, 0.3) is 0 Å². The average Bonchev–Trinajstić information content (AvgIpc) is 2.45. The van der Waals surface area contributed by atoms with Gasteiger partial charge in [-0.05, 0) is 24.6 Å². The SMILES string of the molecule is COCCCOCCOc1ccc(F)cc1C#CCCl. The minimum absolute atomic E-state index is 0.193. The summed E-state index contributed by atoms with van der Waals surface area (Å²) in [7, 11) is 1.65. The minimum Gasteiger partial charge on any atom is -0.490 e. The van der Waals surface area contributed by atoms with Crippen LogP contribution in [0.2, 0.25) is 0 Å². The van der Waals surface area contributed by atoms with Crippen LogP contribution in [0.3, 0.4) is 0 Å². The zero-order valence-corrected chi connectivity index (χ0v) is 12.2. The molecular weight excluding hydrogens is 283 g/mol. The zero-order chi connectivity index (χ0) is 14.6. The molecule has 110 valence electrons. The molecule has 0 aromatic heterocycles. The maximum absolute atomic E-state index is 13.1. The van der Waals surface area contributed by atoms with Gasteiger partial charge < -0.3 is 14.2 Å². The molecule has 1 aromatic carbocycles. The Morgan fingerprint density at radius 2 is 2.05 bits per heavy atom. The third kappa shape index (κ3) is 6.76. The van der Waals surface area contributed by atoms with Crippen molar-refractivity contribution >= 4 is 11.6 Å². The first-order valence-electron chi connectivity index (χ1n) is 6.31. The van der Waals surface area contributed by atoms with Crippen LogP contribution in [-0.4, -0.2) is 39.4 Å². The predicted molar refractivity (Wildman–Crippen MR) is 76.8 cm³/mol. The molecule has 0 fully saturated rings. The van der Waals surface area contributed by atoms with E-state index in [2.05, 4.69) is 11.8 Å². The summed E-state index contributed by atoms with van der Waals surface area (Å²) in [4.78, 5) is 0. The highest BCUT2D eigenvalue weighted by Crippen LogP contribution is 2.18. The summed E-state index contributed by atoms with van der Waals surface area (Å²) in [5.74, 6) is 5.82. The van der Waals surface area contributed by atoms with Gasteiger partial charge in [-0.3, -0.25) is 0 Å². The first-order chi connectivity index (χ1) is 9.77. The van der Waals surface area contributed by atoms with E-state index in [4.69, 9.17) is 25.8 Å². The van der Waals surface area contributed by atoms with E-state index < -0.39 is 0 Å². The molecule has 0 unspecified atom stereocenters. The lowest BCUT2D eigenvalue weighted by Gasteiger charge is -2.09. The summed E-state index contributed by atoms with van der Waals surface area (Å²) in [5, 5.41) is 0. The molecule has 1 aromatic rings. The van der Waals surface area contributed by atoms with E-state index in [-0.39, 0.29) is 11.7 Å². The van der Waals surface area contributed by atoms with Crippen LogP contribution in [0.25, 0.3) is 0 Å². The highest BCUT2D eigenvalue weighted by molar-refractivity contribution is 6.19. The fraction of sp³-hybridized carbons (Fsp3) is 0.467. The number of alkyl halides is 1. The van der Waals surface area contributed by atoms with Crippen LogP contribution < -0.4 is 4.74 Å². The fourth-order valence-corrected chi connectivity index (χ4v) is 1.54. The molecule has 0 spiro atoms. The van der Waals surface area contributed by atoms with Gasteiger partial charge in [0.15, 0.2) is 0 Å². The number of hydrogen-bond acceptors (Lipinski definition) is 3. The van der Waals surface area contributed by atoms with Crippen molar-refractivity contribution in [1.29, 1.82) is 0 Å². The van der Waals surface area contributed by atoms with Crippen LogP contribution >= 0.6 is 11.6 Å². The summed E-state index contributed by atoms with van der Waals surface area (Å²) < 4.78 is 28.9. The second-order valence-electron chi connectivity index (χ2n) is 3.88. The van der Waals surface area contributed by atoms with E-state index in [1.165, 1.54) is 12.1 Å². The third-order valence-corrected chi connectivity index (χ3v) is 2.49. The van der Waals surface area contributed by atoms with Crippen LogP contribution in [-0.2, 0) is 9.47 Å². The maximum Gasteiger partial charge on any atom is 0.135 e. The van der Waals surface area contributed by atoms with Gasteiger partial charge in [0, 0.05) is 20.3 Å². The first-order valence-corrected chi connectivity index (χ1v) is 6.85. The van der Waals surface area contributed by atoms with Gasteiger partial charge in [0.05, 0.1) is 18.1 Å². The molecule has 0 N–H and O–H groups in total. The van der Waals surface area contributed by atoms with Gasteiger partial charge in [0.2, 0.25) is 0 Å². The molecule has 0 aliphatic carbocycles. The predicted octanol–water partition coefficient (Wildman–Crippen LogP) is 2.85. The Morgan fingerprint density at radius 1 is 1.20 bits per heavy atom. The molecule has 0 saturated carbocycles. The summed E-state index contributed by atoms with van der Waals surface area (Å²) in [5.41, 5.74) is 0.491.